The van der Waals surface area contributed by atoms with Crippen LogP contribution in [0, 0.1) is 5.92 Å². The fourth-order valence-corrected chi connectivity index (χ4v) is 7.61. The van der Waals surface area contributed by atoms with Crippen LogP contribution in [-0.2, 0) is 17.9 Å². The second-order valence-electron chi connectivity index (χ2n) is 16.4. The zero-order valence-corrected chi connectivity index (χ0v) is 34.9. The normalized spacial score (nSPS) is 18.7. The summed E-state index contributed by atoms with van der Waals surface area (Å²) in [7, 11) is 0. The Balaban J connectivity index is 0.000000186. The van der Waals surface area contributed by atoms with Crippen molar-refractivity contribution in [3.63, 3.8) is 0 Å². The summed E-state index contributed by atoms with van der Waals surface area (Å²) in [6, 6.07) is 31.9. The van der Waals surface area contributed by atoms with E-state index < -0.39 is 0 Å². The van der Waals surface area contributed by atoms with Gasteiger partial charge in [0.1, 0.15) is 0 Å². The lowest BCUT2D eigenvalue weighted by molar-refractivity contribution is -0.124. The predicted octanol–water partition coefficient (Wildman–Crippen LogP) is 7.30. The summed E-state index contributed by atoms with van der Waals surface area (Å²) in [5.74, 6) is 1.06. The van der Waals surface area contributed by atoms with Crippen molar-refractivity contribution in [1.29, 1.82) is 0 Å². The number of hydrogen-bond acceptors (Lipinski definition) is 10. The van der Waals surface area contributed by atoms with Gasteiger partial charge >= 0.3 is 0 Å². The molecule has 2 aliphatic carbocycles. The van der Waals surface area contributed by atoms with Gasteiger partial charge in [0.15, 0.2) is 0 Å². The standard InChI is InChI=1S/C26H31N5O2.C22H25N5O/c1-17(2)24(32)29-21-10-12-22(13-11-21)30-26-28-16-20-9-8-19(14-23(20)31-26)25(33)27-15-18-6-4-3-5-7-18;23-18-8-10-19(11-9-18)26-22-25-14-17-7-6-16(12-20(17)27-22)21(28)24-13-15-4-2-1-3-5-15/h3-9,14,16-17,21-22H,10-13,15H2,1-2H3,(H,27,33)(H,29,32)(H,28,30,31);1-7,12,14,18-19H,8-11,13,23H2,(H,24,28)(H,25,26,27). The summed E-state index contributed by atoms with van der Waals surface area (Å²) in [6.07, 6.45) is 11.5. The molecular formula is C48H56N10O3. The highest BCUT2D eigenvalue weighted by molar-refractivity contribution is 5.98. The molecule has 0 atom stereocenters. The Morgan fingerprint density at radius 1 is 0.590 bits per heavy atom. The maximum Gasteiger partial charge on any atom is 0.251 e. The largest absolute Gasteiger partial charge is 0.353 e. The Kier molecular flexibility index (Phi) is 14.5. The number of carbonyl (C=O) groups is 3. The minimum absolute atomic E-state index is 0.0113. The van der Waals surface area contributed by atoms with Crippen LogP contribution in [0.2, 0.25) is 0 Å². The number of rotatable bonds is 12. The number of hydrogen-bond donors (Lipinski definition) is 6. The van der Waals surface area contributed by atoms with Gasteiger partial charge in [0.25, 0.3) is 11.8 Å². The van der Waals surface area contributed by atoms with Gasteiger partial charge in [-0.3, -0.25) is 14.4 Å². The molecule has 316 valence electrons. The van der Waals surface area contributed by atoms with E-state index in [9.17, 15) is 14.4 Å². The number of amides is 3. The zero-order chi connectivity index (χ0) is 42.6. The Morgan fingerprint density at radius 3 is 1.46 bits per heavy atom. The van der Waals surface area contributed by atoms with Crippen molar-refractivity contribution in [2.24, 2.45) is 11.7 Å². The molecule has 0 aliphatic heterocycles. The van der Waals surface area contributed by atoms with E-state index >= 15 is 0 Å². The van der Waals surface area contributed by atoms with Crippen LogP contribution < -0.4 is 32.3 Å². The molecule has 0 unspecified atom stereocenters. The number of fused-ring (bicyclic) bond motifs is 2. The lowest BCUT2D eigenvalue weighted by Crippen LogP contribution is -2.41. The van der Waals surface area contributed by atoms with Crippen LogP contribution in [0.5, 0.6) is 0 Å². The van der Waals surface area contributed by atoms with Crippen molar-refractivity contribution in [2.75, 3.05) is 10.6 Å². The molecule has 2 heterocycles. The third-order valence-corrected chi connectivity index (χ3v) is 11.3. The molecule has 61 heavy (non-hydrogen) atoms. The molecule has 0 saturated heterocycles. The molecule has 0 radical (unpaired) electrons. The molecule has 0 spiro atoms. The Morgan fingerprint density at radius 2 is 1.02 bits per heavy atom. The number of nitrogens with two attached hydrogens (primary N) is 1. The summed E-state index contributed by atoms with van der Waals surface area (Å²) < 4.78 is 0. The number of anilines is 2. The van der Waals surface area contributed by atoms with Crippen LogP contribution in [0.1, 0.15) is 97.1 Å². The highest BCUT2D eigenvalue weighted by Gasteiger charge is 2.24. The molecule has 0 bridgehead atoms. The first kappa shape index (κ1) is 42.6. The second kappa shape index (κ2) is 20.7. The molecule has 13 nitrogen and oxygen atoms in total. The average molecular weight is 821 g/mol. The lowest BCUT2D eigenvalue weighted by Gasteiger charge is -2.30. The van der Waals surface area contributed by atoms with E-state index in [0.717, 1.165) is 84.3 Å². The number of carbonyl (C=O) groups excluding carboxylic acids is 3. The number of benzene rings is 4. The van der Waals surface area contributed by atoms with Gasteiger partial charge in [-0.25, -0.2) is 19.9 Å². The van der Waals surface area contributed by atoms with Crippen molar-refractivity contribution in [3.05, 3.63) is 132 Å². The summed E-state index contributed by atoms with van der Waals surface area (Å²) in [5, 5.41) is 17.7. The SMILES string of the molecule is CC(C)C(=O)NC1CCC(Nc2ncc3ccc(C(=O)NCc4ccccc4)cc3n2)CC1.NC1CCC(Nc2ncc3ccc(C(=O)NCc4ccccc4)cc3n2)CC1. The quantitative estimate of drug-likeness (QED) is 0.0731. The average Bonchev–Trinajstić information content (AvgIpc) is 3.29. The van der Waals surface area contributed by atoms with Crippen LogP contribution >= 0.6 is 0 Å². The number of aromatic nitrogens is 4. The van der Waals surface area contributed by atoms with E-state index in [1.54, 1.807) is 24.5 Å². The van der Waals surface area contributed by atoms with E-state index in [1.165, 1.54) is 0 Å². The Bertz CT molecular complexity index is 2400. The highest BCUT2D eigenvalue weighted by Crippen LogP contribution is 2.24. The Hall–Kier alpha value is -6.47. The van der Waals surface area contributed by atoms with Crippen molar-refractivity contribution in [2.45, 2.75) is 102 Å². The van der Waals surface area contributed by atoms with E-state index in [-0.39, 0.29) is 35.7 Å². The van der Waals surface area contributed by atoms with Crippen molar-refractivity contribution in [3.8, 4) is 0 Å². The molecule has 3 amide bonds. The van der Waals surface area contributed by atoms with Gasteiger partial charge in [-0.15, -0.1) is 0 Å². The summed E-state index contributed by atoms with van der Waals surface area (Å²) in [4.78, 5) is 55.2. The lowest BCUT2D eigenvalue weighted by atomic mass is 9.91. The van der Waals surface area contributed by atoms with Gasteiger partial charge in [-0.05, 0) is 86.8 Å². The maximum atomic E-state index is 12.6. The van der Waals surface area contributed by atoms with Crippen LogP contribution in [0.25, 0.3) is 21.8 Å². The number of nitrogens with one attached hydrogen (secondary N) is 5. The molecule has 7 N–H and O–H groups in total. The zero-order valence-electron chi connectivity index (χ0n) is 34.9. The van der Waals surface area contributed by atoms with Crippen LogP contribution in [0.15, 0.2) is 109 Å². The smallest absolute Gasteiger partial charge is 0.251 e. The van der Waals surface area contributed by atoms with Crippen LogP contribution in [-0.4, -0.2) is 61.8 Å². The highest BCUT2D eigenvalue weighted by atomic mass is 16.2. The molecular weight excluding hydrogens is 765 g/mol. The fourth-order valence-electron chi connectivity index (χ4n) is 7.61. The summed E-state index contributed by atoms with van der Waals surface area (Å²) in [5.41, 5.74) is 10.8. The molecule has 8 rings (SSSR count). The van der Waals surface area contributed by atoms with E-state index in [4.69, 9.17) is 5.73 Å². The maximum absolute atomic E-state index is 12.6. The van der Waals surface area contributed by atoms with Crippen LogP contribution in [0.4, 0.5) is 11.9 Å². The molecule has 2 aliphatic rings. The monoisotopic (exact) mass is 820 g/mol. The minimum atomic E-state index is -0.129. The van der Waals surface area contributed by atoms with Crippen molar-refractivity contribution < 1.29 is 14.4 Å². The predicted molar refractivity (Wildman–Crippen MR) is 241 cm³/mol. The molecule has 2 aromatic heterocycles. The second-order valence-corrected chi connectivity index (χ2v) is 16.4. The summed E-state index contributed by atoms with van der Waals surface area (Å²) in [6.45, 7) is 4.81. The van der Waals surface area contributed by atoms with Gasteiger partial charge in [0.2, 0.25) is 17.8 Å². The van der Waals surface area contributed by atoms with Crippen molar-refractivity contribution in [1.82, 2.24) is 35.9 Å². The molecule has 2 fully saturated rings. The molecule has 2 saturated carbocycles. The minimum Gasteiger partial charge on any atom is -0.353 e. The molecule has 4 aromatic carbocycles. The van der Waals surface area contributed by atoms with Gasteiger partial charge in [-0.2, -0.15) is 0 Å². The van der Waals surface area contributed by atoms with Crippen LogP contribution in [0.3, 0.4) is 0 Å². The van der Waals surface area contributed by atoms with Gasteiger partial charge in [0, 0.05) is 77.5 Å². The molecule has 13 heteroatoms. The Labute approximate surface area is 357 Å². The first-order valence-corrected chi connectivity index (χ1v) is 21.4. The van der Waals surface area contributed by atoms with E-state index in [0.29, 0.717) is 48.2 Å². The van der Waals surface area contributed by atoms with Gasteiger partial charge in [0.05, 0.1) is 11.0 Å². The van der Waals surface area contributed by atoms with Crippen molar-refractivity contribution >= 4 is 51.4 Å². The topological polar surface area (TPSA) is 189 Å². The fraction of sp³-hybridized carbons (Fsp3) is 0.354. The molecule has 6 aromatic rings. The summed E-state index contributed by atoms with van der Waals surface area (Å²) >= 11 is 0. The third-order valence-electron chi connectivity index (χ3n) is 11.3. The van der Waals surface area contributed by atoms with Gasteiger partial charge < -0.3 is 32.3 Å². The van der Waals surface area contributed by atoms with Gasteiger partial charge in [-0.1, -0.05) is 86.6 Å². The van der Waals surface area contributed by atoms with E-state index in [1.807, 2.05) is 98.8 Å². The first-order valence-electron chi connectivity index (χ1n) is 21.4. The number of nitrogens with zero attached hydrogens (tertiary/aromatic N) is 4. The van der Waals surface area contributed by atoms with E-state index in [2.05, 4.69) is 46.5 Å². The first-order chi connectivity index (χ1) is 29.6. The third kappa shape index (κ3) is 12.3.